The van der Waals surface area contributed by atoms with Crippen LogP contribution in [0.2, 0.25) is 0 Å². The summed E-state index contributed by atoms with van der Waals surface area (Å²) in [5.41, 5.74) is 0.815. The van der Waals surface area contributed by atoms with E-state index in [1.165, 1.54) is 18.2 Å². The molecule has 2 aromatic carbocycles. The summed E-state index contributed by atoms with van der Waals surface area (Å²) >= 11 is 0. The first-order valence-electron chi connectivity index (χ1n) is 6.06. The van der Waals surface area contributed by atoms with Crippen LogP contribution in [0.3, 0.4) is 0 Å². The molecule has 0 heterocycles. The smallest absolute Gasteiger partial charge is 0.312 e. The lowest BCUT2D eigenvalue weighted by molar-refractivity contribution is -0.385. The molecular formula is C16H10N2O3. The summed E-state index contributed by atoms with van der Waals surface area (Å²) in [6.45, 7) is 0.0294. The average Bonchev–Trinajstić information content (AvgIpc) is 2.52. The normalized spacial score (nSPS) is 9.10. The van der Waals surface area contributed by atoms with Crippen LogP contribution < -0.4 is 4.74 Å². The number of nitro benzene ring substituents is 1. The van der Waals surface area contributed by atoms with Crippen molar-refractivity contribution in [3.05, 3.63) is 69.8 Å². The third kappa shape index (κ3) is 3.82. The maximum absolute atomic E-state index is 10.9. The van der Waals surface area contributed by atoms with Gasteiger partial charge in [0.1, 0.15) is 6.61 Å². The van der Waals surface area contributed by atoms with Gasteiger partial charge in [-0.3, -0.25) is 10.1 Å². The second kappa shape index (κ2) is 6.74. The van der Waals surface area contributed by atoms with E-state index >= 15 is 0 Å². The highest BCUT2D eigenvalue weighted by Crippen LogP contribution is 2.27. The van der Waals surface area contributed by atoms with Crippen molar-refractivity contribution in [1.82, 2.24) is 0 Å². The van der Waals surface area contributed by atoms with Gasteiger partial charge >= 0.3 is 5.69 Å². The number of ether oxygens (including phenoxy) is 1. The van der Waals surface area contributed by atoms with Crippen molar-refractivity contribution >= 4 is 5.69 Å². The van der Waals surface area contributed by atoms with Gasteiger partial charge in [0.2, 0.25) is 0 Å². The standard InChI is InChI=1S/C16H10N2O3/c17-12-14-8-9-16(15(11-14)18(19)20)21-10-4-7-13-5-2-1-3-6-13/h1-3,5-6,8-9,11H,10H2. The molecule has 0 spiro atoms. The van der Waals surface area contributed by atoms with Gasteiger partial charge in [0.15, 0.2) is 5.75 Å². The Bertz CT molecular complexity index is 753. The molecule has 5 heteroatoms. The van der Waals surface area contributed by atoms with E-state index in [0.717, 1.165) is 5.56 Å². The summed E-state index contributed by atoms with van der Waals surface area (Å²) in [6.07, 6.45) is 0. The van der Waals surface area contributed by atoms with E-state index in [4.69, 9.17) is 10.00 Å². The molecule has 21 heavy (non-hydrogen) atoms. The van der Waals surface area contributed by atoms with Gasteiger partial charge in [-0.15, -0.1) is 0 Å². The van der Waals surface area contributed by atoms with Crippen molar-refractivity contribution in [2.75, 3.05) is 6.61 Å². The van der Waals surface area contributed by atoms with Crippen molar-refractivity contribution in [1.29, 1.82) is 5.26 Å². The van der Waals surface area contributed by atoms with E-state index in [9.17, 15) is 10.1 Å². The third-order valence-electron chi connectivity index (χ3n) is 2.59. The molecule has 2 aromatic rings. The van der Waals surface area contributed by atoms with E-state index in [-0.39, 0.29) is 23.6 Å². The predicted molar refractivity (Wildman–Crippen MR) is 76.6 cm³/mol. The predicted octanol–water partition coefficient (Wildman–Crippen LogP) is 2.90. The Hall–Kier alpha value is -3.31. The number of hydrogen-bond acceptors (Lipinski definition) is 4. The molecule has 2 rings (SSSR count). The molecule has 0 saturated heterocycles. The number of nitro groups is 1. The fourth-order valence-electron chi connectivity index (χ4n) is 1.63. The van der Waals surface area contributed by atoms with Gasteiger partial charge in [0, 0.05) is 11.6 Å². The highest BCUT2D eigenvalue weighted by atomic mass is 16.6. The summed E-state index contributed by atoms with van der Waals surface area (Å²) in [7, 11) is 0. The average molecular weight is 278 g/mol. The van der Waals surface area contributed by atoms with E-state index < -0.39 is 4.92 Å². The highest BCUT2D eigenvalue weighted by molar-refractivity contribution is 5.51. The van der Waals surface area contributed by atoms with Gasteiger partial charge in [0.05, 0.1) is 16.6 Å². The lowest BCUT2D eigenvalue weighted by atomic mass is 10.2. The molecular weight excluding hydrogens is 268 g/mol. The number of nitriles is 1. The molecule has 0 aromatic heterocycles. The Labute approximate surface area is 121 Å². The third-order valence-corrected chi connectivity index (χ3v) is 2.59. The monoisotopic (exact) mass is 278 g/mol. The van der Waals surface area contributed by atoms with Crippen LogP contribution in [0.15, 0.2) is 48.5 Å². The van der Waals surface area contributed by atoms with Crippen LogP contribution in [0.1, 0.15) is 11.1 Å². The van der Waals surface area contributed by atoms with Crippen LogP contribution in [-0.4, -0.2) is 11.5 Å². The largest absolute Gasteiger partial charge is 0.474 e. The van der Waals surface area contributed by atoms with Crippen LogP contribution in [-0.2, 0) is 0 Å². The molecule has 0 unspecified atom stereocenters. The second-order valence-corrected chi connectivity index (χ2v) is 4.01. The number of rotatable bonds is 3. The molecule has 0 saturated carbocycles. The Morgan fingerprint density at radius 3 is 2.57 bits per heavy atom. The van der Waals surface area contributed by atoms with Crippen molar-refractivity contribution in [3.63, 3.8) is 0 Å². The van der Waals surface area contributed by atoms with Gasteiger partial charge in [-0.05, 0) is 24.3 Å². The fourth-order valence-corrected chi connectivity index (χ4v) is 1.63. The number of hydrogen-bond donors (Lipinski definition) is 0. The summed E-state index contributed by atoms with van der Waals surface area (Å²) in [5, 5.41) is 19.7. The Morgan fingerprint density at radius 2 is 1.90 bits per heavy atom. The maximum atomic E-state index is 10.9. The zero-order valence-corrected chi connectivity index (χ0v) is 10.9. The van der Waals surface area contributed by atoms with Gasteiger partial charge in [-0.2, -0.15) is 5.26 Å². The van der Waals surface area contributed by atoms with E-state index in [0.29, 0.717) is 0 Å². The van der Waals surface area contributed by atoms with Gasteiger partial charge in [-0.25, -0.2) is 0 Å². The Balaban J connectivity index is 2.09. The van der Waals surface area contributed by atoms with E-state index in [1.807, 2.05) is 36.4 Å². The van der Waals surface area contributed by atoms with Gasteiger partial charge in [-0.1, -0.05) is 30.0 Å². The van der Waals surface area contributed by atoms with Gasteiger partial charge < -0.3 is 4.74 Å². The van der Waals surface area contributed by atoms with E-state index in [1.54, 1.807) is 0 Å². The second-order valence-electron chi connectivity index (χ2n) is 4.01. The van der Waals surface area contributed by atoms with Crippen molar-refractivity contribution < 1.29 is 9.66 Å². The van der Waals surface area contributed by atoms with Crippen LogP contribution in [0.25, 0.3) is 0 Å². The quantitative estimate of drug-likeness (QED) is 0.491. The topological polar surface area (TPSA) is 76.2 Å². The summed E-state index contributed by atoms with van der Waals surface area (Å²) < 4.78 is 5.29. The Kier molecular flexibility index (Phi) is 4.53. The van der Waals surface area contributed by atoms with Crippen LogP contribution in [0.5, 0.6) is 5.75 Å². The Morgan fingerprint density at radius 1 is 1.14 bits per heavy atom. The maximum Gasteiger partial charge on any atom is 0.312 e. The molecule has 0 bridgehead atoms. The summed E-state index contributed by atoms with van der Waals surface area (Å²) in [5.74, 6) is 5.77. The zero-order valence-electron chi connectivity index (χ0n) is 10.9. The lowest BCUT2D eigenvalue weighted by Gasteiger charge is -2.03. The highest BCUT2D eigenvalue weighted by Gasteiger charge is 2.15. The first-order chi connectivity index (χ1) is 10.2. The molecule has 0 radical (unpaired) electrons. The molecule has 0 aliphatic heterocycles. The molecule has 0 aliphatic rings. The summed E-state index contributed by atoms with van der Waals surface area (Å²) in [4.78, 5) is 10.3. The van der Waals surface area contributed by atoms with Crippen LogP contribution >= 0.6 is 0 Å². The molecule has 102 valence electrons. The minimum Gasteiger partial charge on any atom is -0.474 e. The van der Waals surface area contributed by atoms with Crippen molar-refractivity contribution in [2.24, 2.45) is 0 Å². The molecule has 0 amide bonds. The van der Waals surface area contributed by atoms with Gasteiger partial charge in [0.25, 0.3) is 0 Å². The SMILES string of the molecule is N#Cc1ccc(OCC#Cc2ccccc2)c([N+](=O)[O-])c1. The first-order valence-corrected chi connectivity index (χ1v) is 6.06. The van der Waals surface area contributed by atoms with E-state index in [2.05, 4.69) is 11.8 Å². The number of benzene rings is 2. The van der Waals surface area contributed by atoms with Crippen LogP contribution in [0, 0.1) is 33.3 Å². The molecule has 5 nitrogen and oxygen atoms in total. The van der Waals surface area contributed by atoms with Crippen molar-refractivity contribution in [3.8, 4) is 23.7 Å². The minimum atomic E-state index is -0.583. The minimum absolute atomic E-state index is 0.0294. The molecule has 0 fully saturated rings. The fraction of sp³-hybridized carbons (Fsp3) is 0.0625. The van der Waals surface area contributed by atoms with Crippen molar-refractivity contribution in [2.45, 2.75) is 0 Å². The molecule has 0 aliphatic carbocycles. The van der Waals surface area contributed by atoms with Crippen LogP contribution in [0.4, 0.5) is 5.69 Å². The molecule has 0 N–H and O–H groups in total. The molecule has 0 atom stereocenters. The number of nitrogens with zero attached hydrogens (tertiary/aromatic N) is 2. The summed E-state index contributed by atoms with van der Waals surface area (Å²) in [6, 6.07) is 15.2. The first kappa shape index (κ1) is 14.1. The lowest BCUT2D eigenvalue weighted by Crippen LogP contribution is -1.99. The zero-order chi connectivity index (χ0) is 15.1.